The molecule has 0 aliphatic carbocycles. The summed E-state index contributed by atoms with van der Waals surface area (Å²) in [6.07, 6.45) is 1.47. The van der Waals surface area contributed by atoms with E-state index < -0.39 is 0 Å². The fourth-order valence-electron chi connectivity index (χ4n) is 1.52. The van der Waals surface area contributed by atoms with Crippen LogP contribution in [0.4, 0.5) is 11.4 Å². The third-order valence-corrected chi connectivity index (χ3v) is 2.14. The van der Waals surface area contributed by atoms with E-state index in [1.54, 1.807) is 19.9 Å². The minimum Gasteiger partial charge on any atom is -0.211 e. The van der Waals surface area contributed by atoms with Gasteiger partial charge in [0.25, 0.3) is 0 Å². The van der Waals surface area contributed by atoms with Crippen LogP contribution in [0, 0.1) is 25.7 Å². The van der Waals surface area contributed by atoms with E-state index in [2.05, 4.69) is 10.2 Å². The lowest BCUT2D eigenvalue weighted by molar-refractivity contribution is 0.565. The topological polar surface area (TPSA) is 58.9 Å². The lowest BCUT2D eigenvalue weighted by Crippen LogP contribution is -1.85. The maximum Gasteiger partial charge on any atom is 0.240 e. The molecule has 0 aromatic heterocycles. The first-order valence-electron chi connectivity index (χ1n) is 4.13. The zero-order valence-electron chi connectivity index (χ0n) is 8.29. The van der Waals surface area contributed by atoms with Gasteiger partial charge in [-0.25, -0.2) is 4.79 Å². The van der Waals surface area contributed by atoms with Crippen LogP contribution in [0.5, 0.6) is 0 Å². The number of hydrogen-bond donors (Lipinski definition) is 0. The molecule has 0 amide bonds. The molecule has 0 spiro atoms. The number of nitroso groups, excluding NO2 is 1. The number of benzene rings is 1. The van der Waals surface area contributed by atoms with E-state index in [4.69, 9.17) is 0 Å². The predicted molar refractivity (Wildman–Crippen MR) is 53.9 cm³/mol. The Hall–Kier alpha value is -1.80. The second kappa shape index (κ2) is 3.94. The number of nitrogens with zero attached hydrogens (tertiary/aromatic N) is 2. The number of rotatable bonds is 2. The molecule has 0 aliphatic rings. The van der Waals surface area contributed by atoms with Crippen LogP contribution in [0.3, 0.4) is 0 Å². The van der Waals surface area contributed by atoms with Crippen molar-refractivity contribution in [1.82, 2.24) is 0 Å². The van der Waals surface area contributed by atoms with Crippen molar-refractivity contribution in [2.75, 3.05) is 0 Å². The third kappa shape index (κ3) is 1.60. The molecule has 0 aliphatic heterocycles. The van der Waals surface area contributed by atoms with Gasteiger partial charge in [-0.2, -0.15) is 4.99 Å². The number of aliphatic imine (C=N–C) groups is 1. The van der Waals surface area contributed by atoms with Crippen molar-refractivity contribution >= 4 is 17.5 Å². The highest BCUT2D eigenvalue weighted by Gasteiger charge is 2.10. The number of carbonyl (C=O) groups excluding carboxylic acids is 1. The minimum absolute atomic E-state index is 0.351. The SMILES string of the molecule is Cc1cc(C)c(N=C=O)c(C)c1N=O. The van der Waals surface area contributed by atoms with Crippen LogP contribution < -0.4 is 0 Å². The Labute approximate surface area is 81.6 Å². The fourth-order valence-corrected chi connectivity index (χ4v) is 1.52. The Kier molecular flexibility index (Phi) is 2.89. The molecule has 1 aromatic rings. The van der Waals surface area contributed by atoms with Gasteiger partial charge >= 0.3 is 0 Å². The fraction of sp³-hybridized carbons (Fsp3) is 0.300. The summed E-state index contributed by atoms with van der Waals surface area (Å²) in [6, 6.07) is 1.78. The van der Waals surface area contributed by atoms with Gasteiger partial charge in [0, 0.05) is 5.56 Å². The number of aryl methyl sites for hydroxylation is 2. The van der Waals surface area contributed by atoms with Gasteiger partial charge < -0.3 is 0 Å². The average molecular weight is 190 g/mol. The zero-order chi connectivity index (χ0) is 10.7. The summed E-state index contributed by atoms with van der Waals surface area (Å²) >= 11 is 0. The first-order valence-corrected chi connectivity index (χ1v) is 4.13. The Morgan fingerprint density at radius 3 is 2.21 bits per heavy atom. The van der Waals surface area contributed by atoms with E-state index >= 15 is 0 Å². The molecular formula is C10H10N2O2. The molecule has 0 heterocycles. The standard InChI is InChI=1S/C10H10N2O2/c1-6-4-7(2)10(12-14)8(3)9(6)11-5-13/h4H,1-3H3. The maximum absolute atomic E-state index is 10.5. The monoisotopic (exact) mass is 190 g/mol. The largest absolute Gasteiger partial charge is 0.240 e. The van der Waals surface area contributed by atoms with Crippen LogP contribution in [0.15, 0.2) is 16.2 Å². The lowest BCUT2D eigenvalue weighted by Gasteiger charge is -2.07. The smallest absolute Gasteiger partial charge is 0.211 e. The van der Waals surface area contributed by atoms with E-state index in [1.807, 2.05) is 6.92 Å². The number of isocyanates is 1. The van der Waals surface area contributed by atoms with Crippen molar-refractivity contribution < 1.29 is 4.79 Å². The Morgan fingerprint density at radius 1 is 1.14 bits per heavy atom. The van der Waals surface area contributed by atoms with Crippen molar-refractivity contribution in [2.24, 2.45) is 10.2 Å². The molecular weight excluding hydrogens is 180 g/mol. The lowest BCUT2D eigenvalue weighted by atomic mass is 10.0. The summed E-state index contributed by atoms with van der Waals surface area (Å²) in [4.78, 5) is 24.2. The first-order chi connectivity index (χ1) is 6.61. The van der Waals surface area contributed by atoms with E-state index in [9.17, 15) is 9.70 Å². The van der Waals surface area contributed by atoms with E-state index in [1.165, 1.54) is 6.08 Å². The molecule has 0 fully saturated rings. The van der Waals surface area contributed by atoms with E-state index in [0.717, 1.165) is 11.1 Å². The van der Waals surface area contributed by atoms with Crippen molar-refractivity contribution in [3.63, 3.8) is 0 Å². The van der Waals surface area contributed by atoms with Crippen LogP contribution in [-0.2, 0) is 4.79 Å². The van der Waals surface area contributed by atoms with Gasteiger partial charge in [-0.05, 0) is 37.1 Å². The molecule has 0 saturated heterocycles. The Morgan fingerprint density at radius 2 is 1.71 bits per heavy atom. The van der Waals surface area contributed by atoms with Crippen molar-refractivity contribution in [3.05, 3.63) is 27.7 Å². The van der Waals surface area contributed by atoms with Crippen LogP contribution in [0.2, 0.25) is 0 Å². The minimum atomic E-state index is 0.351. The quantitative estimate of drug-likeness (QED) is 0.409. The normalized spacial score (nSPS) is 9.36. The first kappa shape index (κ1) is 10.3. The van der Waals surface area contributed by atoms with Crippen LogP contribution in [0.1, 0.15) is 16.7 Å². The Balaban J connectivity index is 3.59. The van der Waals surface area contributed by atoms with E-state index in [0.29, 0.717) is 16.9 Å². The Bertz CT molecular complexity index is 432. The summed E-state index contributed by atoms with van der Waals surface area (Å²) in [7, 11) is 0. The zero-order valence-corrected chi connectivity index (χ0v) is 8.29. The van der Waals surface area contributed by atoms with Crippen molar-refractivity contribution in [3.8, 4) is 0 Å². The molecule has 72 valence electrons. The third-order valence-electron chi connectivity index (χ3n) is 2.14. The van der Waals surface area contributed by atoms with Crippen molar-refractivity contribution in [1.29, 1.82) is 0 Å². The summed E-state index contributed by atoms with van der Waals surface area (Å²) in [5.74, 6) is 0. The number of hydrogen-bond acceptors (Lipinski definition) is 4. The second-order valence-corrected chi connectivity index (χ2v) is 3.13. The molecule has 0 unspecified atom stereocenters. The molecule has 0 radical (unpaired) electrons. The maximum atomic E-state index is 10.5. The van der Waals surface area contributed by atoms with E-state index in [-0.39, 0.29) is 0 Å². The predicted octanol–water partition coefficient (Wildman–Crippen LogP) is 2.98. The molecule has 0 saturated carbocycles. The molecule has 0 N–H and O–H groups in total. The highest BCUT2D eigenvalue weighted by atomic mass is 16.3. The average Bonchev–Trinajstić information content (AvgIpc) is 2.12. The summed E-state index contributed by atoms with van der Waals surface area (Å²) < 4.78 is 0. The van der Waals surface area contributed by atoms with Crippen LogP contribution in [0.25, 0.3) is 0 Å². The molecule has 4 nitrogen and oxygen atoms in total. The molecule has 4 heteroatoms. The molecule has 14 heavy (non-hydrogen) atoms. The molecule has 0 atom stereocenters. The van der Waals surface area contributed by atoms with Crippen LogP contribution in [-0.4, -0.2) is 6.08 Å². The summed E-state index contributed by atoms with van der Waals surface area (Å²) in [6.45, 7) is 5.34. The van der Waals surface area contributed by atoms with Gasteiger partial charge in [0.15, 0.2) is 0 Å². The molecule has 1 rings (SSSR count). The molecule has 1 aromatic carbocycles. The summed E-state index contributed by atoms with van der Waals surface area (Å²) in [5, 5.41) is 2.91. The highest BCUT2D eigenvalue weighted by molar-refractivity contribution is 5.69. The van der Waals surface area contributed by atoms with Crippen LogP contribution >= 0.6 is 0 Å². The van der Waals surface area contributed by atoms with Gasteiger partial charge in [0.1, 0.15) is 5.69 Å². The van der Waals surface area contributed by atoms with Gasteiger partial charge in [-0.3, -0.25) is 0 Å². The van der Waals surface area contributed by atoms with Gasteiger partial charge in [0.2, 0.25) is 6.08 Å². The van der Waals surface area contributed by atoms with Gasteiger partial charge in [-0.1, -0.05) is 6.07 Å². The highest BCUT2D eigenvalue weighted by Crippen LogP contribution is 2.34. The van der Waals surface area contributed by atoms with Gasteiger partial charge in [-0.15, -0.1) is 4.91 Å². The summed E-state index contributed by atoms with van der Waals surface area (Å²) in [5.41, 5.74) is 3.10. The van der Waals surface area contributed by atoms with Gasteiger partial charge in [0.05, 0.1) is 5.69 Å². The van der Waals surface area contributed by atoms with Crippen molar-refractivity contribution in [2.45, 2.75) is 20.8 Å². The second-order valence-electron chi connectivity index (χ2n) is 3.13. The molecule has 0 bridgehead atoms.